The maximum atomic E-state index is 12.9. The van der Waals surface area contributed by atoms with Crippen LogP contribution >= 0.6 is 0 Å². The maximum absolute atomic E-state index is 12.9. The minimum absolute atomic E-state index is 0.0846. The summed E-state index contributed by atoms with van der Waals surface area (Å²) >= 11 is 0. The number of nitrogen functional groups attached to an aromatic ring is 1. The monoisotopic (exact) mass is 416 g/mol. The Morgan fingerprint density at radius 1 is 1.03 bits per heavy atom. The molecule has 3 N–H and O–H groups in total. The van der Waals surface area contributed by atoms with Gasteiger partial charge in [0, 0.05) is 25.5 Å². The third-order valence-corrected chi connectivity index (χ3v) is 4.47. The molecule has 0 bridgehead atoms. The standard InChI is InChI=1S/C19H19F3N8/c20-19(21,22)8-12-29-16-14(26-18(29)30-11-4-9-25-30)15(23)27-17(28-16)24-10-7-13-5-2-1-3-6-13/h1-6,9,11H,7-8,10,12H2,(H3,23,24,27,28). The average Bonchev–Trinajstić information content (AvgIpc) is 3.34. The number of aryl methyl sites for hydroxylation is 1. The molecule has 0 aliphatic heterocycles. The molecule has 4 aromatic rings. The molecule has 0 atom stereocenters. The first kappa shape index (κ1) is 19.7. The van der Waals surface area contributed by atoms with Crippen LogP contribution in [0.5, 0.6) is 0 Å². The summed E-state index contributed by atoms with van der Waals surface area (Å²) in [6, 6.07) is 11.5. The summed E-state index contributed by atoms with van der Waals surface area (Å²) in [7, 11) is 0. The number of hydrogen-bond donors (Lipinski definition) is 2. The predicted molar refractivity (Wildman–Crippen MR) is 106 cm³/mol. The number of imidazole rings is 1. The molecule has 0 spiro atoms. The number of nitrogens with zero attached hydrogens (tertiary/aromatic N) is 6. The Balaban J connectivity index is 1.65. The van der Waals surface area contributed by atoms with E-state index in [1.54, 1.807) is 12.3 Å². The van der Waals surface area contributed by atoms with Gasteiger partial charge >= 0.3 is 6.18 Å². The van der Waals surface area contributed by atoms with Gasteiger partial charge in [-0.05, 0) is 18.1 Å². The fourth-order valence-electron chi connectivity index (χ4n) is 3.06. The molecule has 0 amide bonds. The molecule has 0 saturated heterocycles. The molecule has 0 aliphatic rings. The van der Waals surface area contributed by atoms with E-state index < -0.39 is 12.6 Å². The van der Waals surface area contributed by atoms with Gasteiger partial charge in [-0.2, -0.15) is 28.2 Å². The van der Waals surface area contributed by atoms with Crippen molar-refractivity contribution in [3.63, 3.8) is 0 Å². The van der Waals surface area contributed by atoms with Crippen molar-refractivity contribution in [2.75, 3.05) is 17.6 Å². The van der Waals surface area contributed by atoms with Gasteiger partial charge in [0.2, 0.25) is 11.9 Å². The Bertz CT molecular complexity index is 1120. The Labute approximate surface area is 169 Å². The number of nitrogens with two attached hydrogens (primary N) is 1. The van der Waals surface area contributed by atoms with Crippen molar-refractivity contribution >= 4 is 22.9 Å². The second kappa shape index (κ2) is 8.01. The van der Waals surface area contributed by atoms with E-state index in [2.05, 4.69) is 25.4 Å². The minimum Gasteiger partial charge on any atom is -0.382 e. The zero-order valence-electron chi connectivity index (χ0n) is 15.8. The van der Waals surface area contributed by atoms with E-state index in [1.165, 1.54) is 15.4 Å². The topological polar surface area (TPSA) is 99.5 Å². The highest BCUT2D eigenvalue weighted by molar-refractivity contribution is 5.84. The molecule has 0 saturated carbocycles. The lowest BCUT2D eigenvalue weighted by Gasteiger charge is -2.11. The van der Waals surface area contributed by atoms with Crippen LogP contribution in [0.3, 0.4) is 0 Å². The van der Waals surface area contributed by atoms with Crippen molar-refractivity contribution in [3.05, 3.63) is 54.4 Å². The first-order chi connectivity index (χ1) is 14.4. The quantitative estimate of drug-likeness (QED) is 0.480. The Morgan fingerprint density at radius 2 is 1.83 bits per heavy atom. The van der Waals surface area contributed by atoms with Crippen LogP contribution in [0.2, 0.25) is 0 Å². The van der Waals surface area contributed by atoms with Crippen LogP contribution in [0, 0.1) is 0 Å². The number of anilines is 2. The predicted octanol–water partition coefficient (Wildman–Crippen LogP) is 3.20. The largest absolute Gasteiger partial charge is 0.390 e. The molecular formula is C19H19F3N8. The Kier molecular flexibility index (Phi) is 5.25. The van der Waals surface area contributed by atoms with Crippen molar-refractivity contribution in [1.82, 2.24) is 29.3 Å². The van der Waals surface area contributed by atoms with E-state index in [9.17, 15) is 13.2 Å². The van der Waals surface area contributed by atoms with E-state index in [1.807, 2.05) is 30.3 Å². The summed E-state index contributed by atoms with van der Waals surface area (Å²) < 4.78 is 41.4. The SMILES string of the molecule is Nc1nc(NCCc2ccccc2)nc2c1nc(-n1cccn1)n2CCC(F)(F)F. The fourth-order valence-corrected chi connectivity index (χ4v) is 3.06. The minimum atomic E-state index is -4.33. The maximum Gasteiger partial charge on any atom is 0.390 e. The summed E-state index contributed by atoms with van der Waals surface area (Å²) in [4.78, 5) is 12.9. The zero-order chi connectivity index (χ0) is 21.1. The molecule has 11 heteroatoms. The number of aromatic nitrogens is 6. The lowest BCUT2D eigenvalue weighted by molar-refractivity contribution is -0.136. The molecule has 3 aromatic heterocycles. The molecule has 3 heterocycles. The van der Waals surface area contributed by atoms with E-state index >= 15 is 0 Å². The van der Waals surface area contributed by atoms with Crippen LogP contribution in [-0.4, -0.2) is 42.0 Å². The number of hydrogen-bond acceptors (Lipinski definition) is 6. The smallest absolute Gasteiger partial charge is 0.382 e. The Hall–Kier alpha value is -3.63. The van der Waals surface area contributed by atoms with Gasteiger partial charge in [0.1, 0.15) is 0 Å². The van der Waals surface area contributed by atoms with Crippen molar-refractivity contribution in [2.45, 2.75) is 25.6 Å². The van der Waals surface area contributed by atoms with Crippen LogP contribution < -0.4 is 11.1 Å². The van der Waals surface area contributed by atoms with Gasteiger partial charge < -0.3 is 11.1 Å². The molecule has 8 nitrogen and oxygen atoms in total. The number of rotatable bonds is 7. The normalized spacial score (nSPS) is 11.8. The Morgan fingerprint density at radius 3 is 2.53 bits per heavy atom. The molecule has 0 unspecified atom stereocenters. The first-order valence-corrected chi connectivity index (χ1v) is 9.29. The van der Waals surface area contributed by atoms with Crippen molar-refractivity contribution in [1.29, 1.82) is 0 Å². The molecule has 0 radical (unpaired) electrons. The van der Waals surface area contributed by atoms with E-state index in [0.29, 0.717) is 6.54 Å². The van der Waals surface area contributed by atoms with Gasteiger partial charge in [0.15, 0.2) is 17.0 Å². The molecule has 0 fully saturated rings. The van der Waals surface area contributed by atoms with Crippen molar-refractivity contribution < 1.29 is 13.2 Å². The molecule has 30 heavy (non-hydrogen) atoms. The second-order valence-electron chi connectivity index (χ2n) is 6.65. The van der Waals surface area contributed by atoms with Crippen LogP contribution in [-0.2, 0) is 13.0 Å². The first-order valence-electron chi connectivity index (χ1n) is 9.29. The fraction of sp³-hybridized carbons (Fsp3) is 0.263. The number of fused-ring (bicyclic) bond motifs is 1. The van der Waals surface area contributed by atoms with Gasteiger partial charge in [-0.25, -0.2) is 9.67 Å². The summed E-state index contributed by atoms with van der Waals surface area (Å²) in [6.07, 6.45) is -1.53. The highest BCUT2D eigenvalue weighted by atomic mass is 19.4. The molecule has 1 aromatic carbocycles. The van der Waals surface area contributed by atoms with Gasteiger partial charge in [0.25, 0.3) is 0 Å². The third kappa shape index (κ3) is 4.34. The zero-order valence-corrected chi connectivity index (χ0v) is 15.8. The highest BCUT2D eigenvalue weighted by Gasteiger charge is 2.28. The number of halogens is 3. The van der Waals surface area contributed by atoms with Crippen LogP contribution in [0.1, 0.15) is 12.0 Å². The highest BCUT2D eigenvalue weighted by Crippen LogP contribution is 2.26. The lowest BCUT2D eigenvalue weighted by atomic mass is 10.1. The van der Waals surface area contributed by atoms with Crippen LogP contribution in [0.4, 0.5) is 24.9 Å². The van der Waals surface area contributed by atoms with E-state index in [4.69, 9.17) is 5.73 Å². The lowest BCUT2D eigenvalue weighted by Crippen LogP contribution is -2.16. The number of nitrogens with one attached hydrogen (secondary N) is 1. The van der Waals surface area contributed by atoms with E-state index in [0.717, 1.165) is 12.0 Å². The van der Waals surface area contributed by atoms with Crippen molar-refractivity contribution in [3.8, 4) is 5.95 Å². The molecule has 4 rings (SSSR count). The van der Waals surface area contributed by atoms with Crippen LogP contribution in [0.25, 0.3) is 17.1 Å². The molecule has 0 aliphatic carbocycles. The summed E-state index contributed by atoms with van der Waals surface area (Å²) in [5.41, 5.74) is 7.63. The third-order valence-electron chi connectivity index (χ3n) is 4.47. The summed E-state index contributed by atoms with van der Waals surface area (Å²) in [6.45, 7) is 0.173. The van der Waals surface area contributed by atoms with Crippen LogP contribution in [0.15, 0.2) is 48.8 Å². The van der Waals surface area contributed by atoms with Gasteiger partial charge in [-0.3, -0.25) is 4.57 Å². The molecular weight excluding hydrogens is 397 g/mol. The average molecular weight is 416 g/mol. The molecule has 156 valence electrons. The van der Waals surface area contributed by atoms with Gasteiger partial charge in [-0.1, -0.05) is 30.3 Å². The summed E-state index contributed by atoms with van der Waals surface area (Å²) in [5, 5.41) is 7.15. The van der Waals surface area contributed by atoms with Crippen molar-refractivity contribution in [2.24, 2.45) is 0 Å². The summed E-state index contributed by atoms with van der Waals surface area (Å²) in [5.74, 6) is 0.513. The number of benzene rings is 1. The van der Waals surface area contributed by atoms with E-state index in [-0.39, 0.29) is 35.4 Å². The van der Waals surface area contributed by atoms with Gasteiger partial charge in [-0.15, -0.1) is 0 Å². The second-order valence-corrected chi connectivity index (χ2v) is 6.65. The number of alkyl halides is 3. The van der Waals surface area contributed by atoms with Gasteiger partial charge in [0.05, 0.1) is 6.42 Å².